The Kier molecular flexibility index (Phi) is 8.84. The van der Waals surface area contributed by atoms with E-state index in [1.165, 1.54) is 0 Å². The number of hydrogen-bond acceptors (Lipinski definition) is 5. The number of nitrogens with zero attached hydrogens (tertiary/aromatic N) is 3. The molecule has 1 aliphatic rings. The van der Waals surface area contributed by atoms with Crippen molar-refractivity contribution in [2.45, 2.75) is 12.7 Å². The lowest BCUT2D eigenvalue weighted by atomic mass is 10.1. The Labute approximate surface area is 221 Å². The number of ether oxygens (including phenoxy) is 2. The molecule has 1 atom stereocenters. The molecule has 0 aliphatic carbocycles. The van der Waals surface area contributed by atoms with Gasteiger partial charge in [0.05, 0.1) is 47.1 Å². The smallest absolute Gasteiger partial charge is 0.256 e. The maximum Gasteiger partial charge on any atom is 0.256 e. The maximum atomic E-state index is 13.0. The van der Waals surface area contributed by atoms with Crippen LogP contribution in [0, 0.1) is 11.3 Å². The van der Waals surface area contributed by atoms with Crippen LogP contribution in [-0.4, -0.2) is 55.5 Å². The van der Waals surface area contributed by atoms with Crippen LogP contribution in [0.3, 0.4) is 0 Å². The summed E-state index contributed by atoms with van der Waals surface area (Å²) < 4.78 is 11.8. The van der Waals surface area contributed by atoms with Gasteiger partial charge in [-0.05, 0) is 47.5 Å². The fourth-order valence-corrected chi connectivity index (χ4v) is 4.76. The van der Waals surface area contributed by atoms with Gasteiger partial charge in [-0.15, -0.1) is 0 Å². The van der Waals surface area contributed by atoms with Gasteiger partial charge >= 0.3 is 0 Å². The molecule has 6 nitrogen and oxygen atoms in total. The van der Waals surface area contributed by atoms with E-state index in [2.05, 4.69) is 11.0 Å². The van der Waals surface area contributed by atoms with Crippen LogP contribution in [0.25, 0.3) is 0 Å². The Bertz CT molecular complexity index is 1220. The zero-order valence-corrected chi connectivity index (χ0v) is 21.5. The van der Waals surface area contributed by atoms with Crippen LogP contribution in [0.1, 0.15) is 33.2 Å². The molecule has 4 rings (SSSR count). The van der Waals surface area contributed by atoms with Crippen LogP contribution in [0.15, 0.2) is 66.7 Å². The van der Waals surface area contributed by atoms with E-state index in [1.54, 1.807) is 42.3 Å². The highest BCUT2D eigenvalue weighted by molar-refractivity contribution is 6.39. The van der Waals surface area contributed by atoms with Gasteiger partial charge in [-0.2, -0.15) is 5.26 Å². The molecule has 0 aromatic heterocycles. The Morgan fingerprint density at radius 1 is 1.00 bits per heavy atom. The molecule has 1 saturated heterocycles. The Morgan fingerprint density at radius 3 is 2.31 bits per heavy atom. The molecule has 1 aliphatic heterocycles. The number of hydrogen-bond donors (Lipinski definition) is 0. The van der Waals surface area contributed by atoms with Crippen LogP contribution in [0.4, 0.5) is 0 Å². The molecule has 36 heavy (non-hydrogen) atoms. The van der Waals surface area contributed by atoms with Crippen LogP contribution >= 0.6 is 23.2 Å². The molecule has 0 unspecified atom stereocenters. The van der Waals surface area contributed by atoms with E-state index in [9.17, 15) is 4.79 Å². The van der Waals surface area contributed by atoms with Gasteiger partial charge in [0, 0.05) is 32.7 Å². The van der Waals surface area contributed by atoms with Gasteiger partial charge in [0.1, 0.15) is 5.75 Å². The number of methoxy groups -OCH3 is 1. The molecule has 8 heteroatoms. The first-order chi connectivity index (χ1) is 17.5. The molecule has 3 aromatic rings. The molecule has 1 fully saturated rings. The fourth-order valence-electron chi connectivity index (χ4n) is 4.20. The van der Waals surface area contributed by atoms with Crippen molar-refractivity contribution in [3.63, 3.8) is 0 Å². The van der Waals surface area contributed by atoms with Crippen molar-refractivity contribution in [1.29, 1.82) is 5.26 Å². The predicted octanol–water partition coefficient (Wildman–Crippen LogP) is 5.59. The summed E-state index contributed by atoms with van der Waals surface area (Å²) in [5, 5.41) is 9.77. The molecule has 1 heterocycles. The summed E-state index contributed by atoms with van der Waals surface area (Å²) in [6.07, 6.45) is -0.198. The number of amides is 1. The zero-order valence-electron chi connectivity index (χ0n) is 20.0. The highest BCUT2D eigenvalue weighted by Crippen LogP contribution is 2.28. The van der Waals surface area contributed by atoms with Gasteiger partial charge in [0.2, 0.25) is 0 Å². The number of rotatable bonds is 8. The molecule has 0 bridgehead atoms. The van der Waals surface area contributed by atoms with Crippen molar-refractivity contribution in [3.8, 4) is 11.8 Å². The van der Waals surface area contributed by atoms with Gasteiger partial charge in [0.25, 0.3) is 5.91 Å². The number of carbonyl (C=O) groups excluding carboxylic acids is 1. The minimum atomic E-state index is -0.198. The molecule has 186 valence electrons. The molecule has 1 amide bonds. The van der Waals surface area contributed by atoms with E-state index < -0.39 is 0 Å². The van der Waals surface area contributed by atoms with E-state index in [-0.39, 0.29) is 12.0 Å². The highest BCUT2D eigenvalue weighted by Gasteiger charge is 2.27. The monoisotopic (exact) mass is 523 g/mol. The summed E-state index contributed by atoms with van der Waals surface area (Å²) in [4.78, 5) is 17.1. The lowest BCUT2D eigenvalue weighted by molar-refractivity contribution is 0.00334. The predicted molar refractivity (Wildman–Crippen MR) is 140 cm³/mol. The summed E-state index contributed by atoms with van der Waals surface area (Å²) in [5.41, 5.74) is 2.99. The van der Waals surface area contributed by atoms with Gasteiger partial charge in [0.15, 0.2) is 0 Å². The Balaban J connectivity index is 1.42. The molecular formula is C28H27Cl2N3O3. The summed E-state index contributed by atoms with van der Waals surface area (Å²) in [6.45, 7) is 3.63. The minimum absolute atomic E-state index is 0.147. The molecule has 0 radical (unpaired) electrons. The molecule has 3 aromatic carbocycles. The van der Waals surface area contributed by atoms with Crippen molar-refractivity contribution in [2.75, 3.05) is 39.8 Å². The van der Waals surface area contributed by atoms with E-state index in [0.717, 1.165) is 16.9 Å². The maximum absolute atomic E-state index is 13.0. The largest absolute Gasteiger partial charge is 0.497 e. The first-order valence-electron chi connectivity index (χ1n) is 11.7. The van der Waals surface area contributed by atoms with E-state index >= 15 is 0 Å². The van der Waals surface area contributed by atoms with Crippen molar-refractivity contribution >= 4 is 29.1 Å². The summed E-state index contributed by atoms with van der Waals surface area (Å²) in [6, 6.07) is 22.5. The topological polar surface area (TPSA) is 65.8 Å². The van der Waals surface area contributed by atoms with Gasteiger partial charge in [-0.3, -0.25) is 9.69 Å². The quantitative estimate of drug-likeness (QED) is 0.385. The average Bonchev–Trinajstić information content (AvgIpc) is 2.91. The Hall–Kier alpha value is -3.08. The number of piperazine rings is 1. The molecular weight excluding hydrogens is 497 g/mol. The van der Waals surface area contributed by atoms with Crippen molar-refractivity contribution in [2.24, 2.45) is 0 Å². The van der Waals surface area contributed by atoms with Crippen molar-refractivity contribution in [3.05, 3.63) is 99.0 Å². The first kappa shape index (κ1) is 26.0. The second kappa shape index (κ2) is 12.2. The fraction of sp³-hybridized carbons (Fsp3) is 0.286. The van der Waals surface area contributed by atoms with Crippen molar-refractivity contribution < 1.29 is 14.3 Å². The van der Waals surface area contributed by atoms with Gasteiger partial charge in [-0.25, -0.2) is 0 Å². The number of benzene rings is 3. The van der Waals surface area contributed by atoms with Crippen LogP contribution in [0.5, 0.6) is 5.75 Å². The number of nitriles is 1. The third-order valence-electron chi connectivity index (χ3n) is 6.26. The van der Waals surface area contributed by atoms with Crippen molar-refractivity contribution in [1.82, 2.24) is 9.80 Å². The standard InChI is InChI=1S/C28H27Cl2N3O3/c1-35-23-5-2-4-22(16-23)26(36-19-21-10-8-20(17-31)9-11-21)18-32-12-14-33(15-13-32)28(34)27-24(29)6-3-7-25(27)30/h2-11,16,26H,12-15,18-19H2,1H3/t26-/m0/s1. The lowest BCUT2D eigenvalue weighted by Crippen LogP contribution is -2.49. The lowest BCUT2D eigenvalue weighted by Gasteiger charge is -2.36. The van der Waals surface area contributed by atoms with E-state index in [4.69, 9.17) is 37.9 Å². The second-order valence-electron chi connectivity index (χ2n) is 8.57. The summed E-state index contributed by atoms with van der Waals surface area (Å²) in [7, 11) is 1.65. The van der Waals surface area contributed by atoms with Crippen LogP contribution in [0.2, 0.25) is 10.0 Å². The van der Waals surface area contributed by atoms with E-state index in [0.29, 0.717) is 60.5 Å². The molecule has 0 saturated carbocycles. The van der Waals surface area contributed by atoms with Gasteiger partial charge < -0.3 is 14.4 Å². The third kappa shape index (κ3) is 6.37. The normalized spacial score (nSPS) is 14.8. The second-order valence-corrected chi connectivity index (χ2v) is 9.39. The minimum Gasteiger partial charge on any atom is -0.497 e. The summed E-state index contributed by atoms with van der Waals surface area (Å²) in [5.74, 6) is 0.623. The SMILES string of the molecule is COc1cccc([C@H](CN2CCN(C(=O)c3c(Cl)cccc3Cl)CC2)OCc2ccc(C#N)cc2)c1. The van der Waals surface area contributed by atoms with E-state index in [1.807, 2.05) is 36.4 Å². The first-order valence-corrected chi connectivity index (χ1v) is 12.4. The molecule has 0 spiro atoms. The van der Waals surface area contributed by atoms with Crippen LogP contribution in [-0.2, 0) is 11.3 Å². The number of halogens is 2. The highest BCUT2D eigenvalue weighted by atomic mass is 35.5. The third-order valence-corrected chi connectivity index (χ3v) is 6.89. The summed E-state index contributed by atoms with van der Waals surface area (Å²) >= 11 is 12.5. The average molecular weight is 524 g/mol. The zero-order chi connectivity index (χ0) is 25.5. The van der Waals surface area contributed by atoms with Crippen LogP contribution < -0.4 is 4.74 Å². The Morgan fingerprint density at radius 2 is 1.67 bits per heavy atom. The number of carbonyl (C=O) groups is 1. The molecule has 0 N–H and O–H groups in total. The van der Waals surface area contributed by atoms with Gasteiger partial charge in [-0.1, -0.05) is 53.5 Å².